The van der Waals surface area contributed by atoms with Gasteiger partial charge in [-0.25, -0.2) is 4.90 Å². The SMILES string of the molecule is CC(=O)c1ccc(N2C(=O)C3C(C2=O)C(C(=O)c2ccccc2)N2CCCC32)cc1. The molecule has 6 nitrogen and oxygen atoms in total. The van der Waals surface area contributed by atoms with E-state index in [4.69, 9.17) is 0 Å². The Morgan fingerprint density at radius 3 is 2.20 bits per heavy atom. The lowest BCUT2D eigenvalue weighted by Crippen LogP contribution is -2.46. The minimum Gasteiger partial charge on any atom is -0.295 e. The zero-order chi connectivity index (χ0) is 21.0. The highest BCUT2D eigenvalue weighted by atomic mass is 16.2. The number of benzene rings is 2. The maximum absolute atomic E-state index is 13.5. The molecule has 0 bridgehead atoms. The minimum absolute atomic E-state index is 0.0763. The van der Waals surface area contributed by atoms with E-state index in [0.717, 1.165) is 19.4 Å². The first-order valence-corrected chi connectivity index (χ1v) is 10.3. The Morgan fingerprint density at radius 2 is 1.53 bits per heavy atom. The Bertz CT molecular complexity index is 1050. The molecule has 2 aromatic carbocycles. The molecule has 0 saturated carbocycles. The molecule has 6 heteroatoms. The molecule has 3 saturated heterocycles. The van der Waals surface area contributed by atoms with Crippen molar-refractivity contribution in [1.29, 1.82) is 0 Å². The molecule has 4 unspecified atom stereocenters. The summed E-state index contributed by atoms with van der Waals surface area (Å²) in [5.74, 6) is -1.88. The van der Waals surface area contributed by atoms with Gasteiger partial charge in [0.25, 0.3) is 0 Å². The maximum Gasteiger partial charge on any atom is 0.239 e. The van der Waals surface area contributed by atoms with E-state index in [-0.39, 0.29) is 29.4 Å². The lowest BCUT2D eigenvalue weighted by molar-refractivity contribution is -0.123. The molecule has 152 valence electrons. The molecule has 2 amide bonds. The average molecular weight is 402 g/mol. The molecule has 30 heavy (non-hydrogen) atoms. The zero-order valence-electron chi connectivity index (χ0n) is 16.7. The van der Waals surface area contributed by atoms with Crippen LogP contribution in [0.4, 0.5) is 5.69 Å². The number of fused-ring (bicyclic) bond motifs is 3. The van der Waals surface area contributed by atoms with Crippen molar-refractivity contribution in [3.63, 3.8) is 0 Å². The number of hydrogen-bond donors (Lipinski definition) is 0. The number of imide groups is 1. The third-order valence-electron chi connectivity index (χ3n) is 6.71. The van der Waals surface area contributed by atoms with E-state index >= 15 is 0 Å². The first kappa shape index (κ1) is 18.9. The smallest absolute Gasteiger partial charge is 0.239 e. The van der Waals surface area contributed by atoms with Crippen LogP contribution in [0.15, 0.2) is 54.6 Å². The van der Waals surface area contributed by atoms with E-state index in [9.17, 15) is 19.2 Å². The molecule has 3 aliphatic rings. The minimum atomic E-state index is -0.664. The van der Waals surface area contributed by atoms with Crippen LogP contribution >= 0.6 is 0 Å². The second-order valence-corrected chi connectivity index (χ2v) is 8.29. The Balaban J connectivity index is 1.52. The van der Waals surface area contributed by atoms with Gasteiger partial charge >= 0.3 is 0 Å². The summed E-state index contributed by atoms with van der Waals surface area (Å²) in [6.07, 6.45) is 1.73. The van der Waals surface area contributed by atoms with E-state index in [1.54, 1.807) is 36.4 Å². The monoisotopic (exact) mass is 402 g/mol. The summed E-state index contributed by atoms with van der Waals surface area (Å²) in [7, 11) is 0. The van der Waals surface area contributed by atoms with Crippen LogP contribution in [0, 0.1) is 11.8 Å². The molecule has 2 aromatic rings. The average Bonchev–Trinajstić information content (AvgIpc) is 3.40. The van der Waals surface area contributed by atoms with Crippen LogP contribution in [0.3, 0.4) is 0 Å². The van der Waals surface area contributed by atoms with Crippen LogP contribution in [0.2, 0.25) is 0 Å². The van der Waals surface area contributed by atoms with Gasteiger partial charge in [-0.15, -0.1) is 0 Å². The Hall–Kier alpha value is -3.12. The van der Waals surface area contributed by atoms with E-state index in [2.05, 4.69) is 4.90 Å². The van der Waals surface area contributed by atoms with Crippen molar-refractivity contribution in [2.75, 3.05) is 11.4 Å². The lowest BCUT2D eigenvalue weighted by atomic mass is 9.85. The van der Waals surface area contributed by atoms with Crippen LogP contribution in [0.1, 0.15) is 40.5 Å². The number of ketones is 2. The summed E-state index contributed by atoms with van der Waals surface area (Å²) in [4.78, 5) is 55.1. The molecule has 4 atom stereocenters. The van der Waals surface area contributed by atoms with Crippen LogP contribution < -0.4 is 4.90 Å². The molecular weight excluding hydrogens is 380 g/mol. The highest BCUT2D eigenvalue weighted by molar-refractivity contribution is 6.24. The summed E-state index contributed by atoms with van der Waals surface area (Å²) in [5.41, 5.74) is 1.55. The Morgan fingerprint density at radius 1 is 0.867 bits per heavy atom. The number of hydrogen-bond acceptors (Lipinski definition) is 5. The van der Waals surface area contributed by atoms with Crippen molar-refractivity contribution in [2.24, 2.45) is 11.8 Å². The molecule has 0 aromatic heterocycles. The number of carbonyl (C=O) groups excluding carboxylic acids is 4. The molecule has 3 heterocycles. The topological polar surface area (TPSA) is 74.8 Å². The summed E-state index contributed by atoms with van der Waals surface area (Å²) in [6.45, 7) is 2.20. The summed E-state index contributed by atoms with van der Waals surface area (Å²) >= 11 is 0. The lowest BCUT2D eigenvalue weighted by Gasteiger charge is -2.27. The van der Waals surface area contributed by atoms with Gasteiger partial charge in [0.1, 0.15) is 0 Å². The number of amides is 2. The van der Waals surface area contributed by atoms with E-state index in [0.29, 0.717) is 16.8 Å². The van der Waals surface area contributed by atoms with Crippen molar-refractivity contribution in [3.8, 4) is 0 Å². The molecule has 0 aliphatic carbocycles. The van der Waals surface area contributed by atoms with Crippen LogP contribution in [-0.4, -0.2) is 46.9 Å². The second-order valence-electron chi connectivity index (χ2n) is 8.29. The fourth-order valence-corrected chi connectivity index (χ4v) is 5.39. The van der Waals surface area contributed by atoms with Gasteiger partial charge in [0.2, 0.25) is 11.8 Å². The summed E-state index contributed by atoms with van der Waals surface area (Å²) < 4.78 is 0. The highest BCUT2D eigenvalue weighted by Crippen LogP contribution is 2.48. The molecule has 0 N–H and O–H groups in total. The standard InChI is InChI=1S/C24H22N2O4/c1-14(27)15-9-11-17(12-10-15)26-23(29)19-18-8-5-13-25(18)21(20(19)24(26)30)22(28)16-6-3-2-4-7-16/h2-4,6-7,9-12,18-21H,5,8,13H2,1H3. The molecule has 0 radical (unpaired) electrons. The van der Waals surface area contributed by atoms with Crippen molar-refractivity contribution >= 4 is 29.1 Å². The van der Waals surface area contributed by atoms with Crippen molar-refractivity contribution < 1.29 is 19.2 Å². The largest absolute Gasteiger partial charge is 0.295 e. The van der Waals surface area contributed by atoms with Crippen molar-refractivity contribution in [3.05, 3.63) is 65.7 Å². The van der Waals surface area contributed by atoms with Gasteiger partial charge in [0.15, 0.2) is 11.6 Å². The van der Waals surface area contributed by atoms with Crippen LogP contribution in [0.25, 0.3) is 0 Å². The van der Waals surface area contributed by atoms with Crippen LogP contribution in [0.5, 0.6) is 0 Å². The predicted molar refractivity (Wildman–Crippen MR) is 110 cm³/mol. The predicted octanol–water partition coefficient (Wildman–Crippen LogP) is 2.72. The second kappa shape index (κ2) is 6.99. The molecule has 3 aliphatic heterocycles. The normalized spacial score (nSPS) is 28.0. The van der Waals surface area contributed by atoms with Crippen LogP contribution in [-0.2, 0) is 9.59 Å². The third kappa shape index (κ3) is 2.67. The summed E-state index contributed by atoms with van der Waals surface area (Å²) in [5, 5.41) is 0. The number of rotatable bonds is 4. The van der Waals surface area contributed by atoms with Crippen molar-refractivity contribution in [2.45, 2.75) is 31.8 Å². The first-order chi connectivity index (χ1) is 14.5. The van der Waals surface area contributed by atoms with Gasteiger partial charge in [0, 0.05) is 17.2 Å². The van der Waals surface area contributed by atoms with E-state index in [1.165, 1.54) is 11.8 Å². The maximum atomic E-state index is 13.5. The van der Waals surface area contributed by atoms with Gasteiger partial charge in [0.05, 0.1) is 23.6 Å². The summed E-state index contributed by atoms with van der Waals surface area (Å²) in [6, 6.07) is 14.8. The number of Topliss-reactive ketones (excluding diaryl/α,β-unsaturated/α-hetero) is 2. The Labute approximate surface area is 174 Å². The zero-order valence-corrected chi connectivity index (χ0v) is 16.7. The molecule has 3 fully saturated rings. The van der Waals surface area contributed by atoms with Gasteiger partial charge in [-0.3, -0.25) is 24.1 Å². The van der Waals surface area contributed by atoms with E-state index < -0.39 is 17.9 Å². The fourth-order valence-electron chi connectivity index (χ4n) is 5.39. The Kier molecular flexibility index (Phi) is 4.40. The van der Waals surface area contributed by atoms with E-state index in [1.807, 2.05) is 18.2 Å². The van der Waals surface area contributed by atoms with Crippen molar-refractivity contribution in [1.82, 2.24) is 4.90 Å². The first-order valence-electron chi connectivity index (χ1n) is 10.3. The number of carbonyl (C=O) groups is 4. The van der Waals surface area contributed by atoms with Gasteiger partial charge in [-0.1, -0.05) is 30.3 Å². The number of nitrogens with zero attached hydrogens (tertiary/aromatic N) is 2. The highest BCUT2D eigenvalue weighted by Gasteiger charge is 2.64. The van der Waals surface area contributed by atoms with Gasteiger partial charge in [-0.05, 0) is 50.6 Å². The quantitative estimate of drug-likeness (QED) is 0.581. The molecular formula is C24H22N2O4. The fraction of sp³-hybridized carbons (Fsp3) is 0.333. The molecule has 0 spiro atoms. The molecule has 5 rings (SSSR count). The van der Waals surface area contributed by atoms with Gasteiger partial charge < -0.3 is 0 Å². The number of anilines is 1. The van der Waals surface area contributed by atoms with Gasteiger partial charge in [-0.2, -0.15) is 0 Å². The third-order valence-corrected chi connectivity index (χ3v) is 6.71.